The third kappa shape index (κ3) is 4.65. The van der Waals surface area contributed by atoms with E-state index in [9.17, 15) is 14.0 Å². The minimum absolute atomic E-state index is 0.123. The van der Waals surface area contributed by atoms with Gasteiger partial charge in [-0.15, -0.1) is 0 Å². The van der Waals surface area contributed by atoms with Crippen LogP contribution in [0.15, 0.2) is 41.2 Å². The molecule has 0 spiro atoms. The molecule has 3 aromatic heterocycles. The van der Waals surface area contributed by atoms with Crippen LogP contribution in [0.5, 0.6) is 0 Å². The van der Waals surface area contributed by atoms with Gasteiger partial charge >= 0.3 is 6.09 Å². The van der Waals surface area contributed by atoms with Crippen LogP contribution >= 0.6 is 0 Å². The van der Waals surface area contributed by atoms with Gasteiger partial charge in [-0.05, 0) is 25.1 Å². The summed E-state index contributed by atoms with van der Waals surface area (Å²) >= 11 is 0. The van der Waals surface area contributed by atoms with E-state index < -0.39 is 17.8 Å². The molecule has 2 saturated heterocycles. The lowest BCUT2D eigenvalue weighted by Gasteiger charge is -2.35. The second-order valence-corrected chi connectivity index (χ2v) is 9.61. The zero-order valence-corrected chi connectivity index (χ0v) is 21.5. The van der Waals surface area contributed by atoms with Crippen molar-refractivity contribution >= 4 is 29.0 Å². The average Bonchev–Trinajstić information content (AvgIpc) is 3.58. The van der Waals surface area contributed by atoms with Gasteiger partial charge in [-0.2, -0.15) is 4.98 Å². The second-order valence-electron chi connectivity index (χ2n) is 9.61. The van der Waals surface area contributed by atoms with Gasteiger partial charge in [0.1, 0.15) is 17.2 Å². The summed E-state index contributed by atoms with van der Waals surface area (Å²) in [5, 5.41) is 10.1. The van der Waals surface area contributed by atoms with Crippen LogP contribution in [0.2, 0.25) is 0 Å². The molecule has 39 heavy (non-hydrogen) atoms. The Bertz CT molecular complexity index is 1550. The molecule has 0 saturated carbocycles. The molecule has 0 radical (unpaired) electrons. The molecule has 2 fully saturated rings. The van der Waals surface area contributed by atoms with Crippen molar-refractivity contribution in [3.63, 3.8) is 0 Å². The number of carbonyl (C=O) groups is 2. The van der Waals surface area contributed by atoms with Crippen LogP contribution in [0.3, 0.4) is 0 Å². The fourth-order valence-electron chi connectivity index (χ4n) is 4.81. The third-order valence-corrected chi connectivity index (χ3v) is 7.17. The normalized spacial score (nSPS) is 15.9. The Morgan fingerprint density at radius 2 is 2.00 bits per heavy atom. The lowest BCUT2D eigenvalue weighted by Crippen LogP contribution is -2.48. The van der Waals surface area contributed by atoms with Gasteiger partial charge in [0.25, 0.3) is 5.91 Å². The van der Waals surface area contributed by atoms with Crippen molar-refractivity contribution in [2.45, 2.75) is 12.8 Å². The van der Waals surface area contributed by atoms with Crippen molar-refractivity contribution in [3.05, 3.63) is 59.6 Å². The zero-order chi connectivity index (χ0) is 27.1. The summed E-state index contributed by atoms with van der Waals surface area (Å²) < 4.78 is 26.7. The summed E-state index contributed by atoms with van der Waals surface area (Å²) in [6.45, 7) is 6.02. The number of methoxy groups -OCH3 is 1. The molecule has 0 aliphatic carbocycles. The maximum atomic E-state index is 14.9. The summed E-state index contributed by atoms with van der Waals surface area (Å²) in [5.74, 6) is -0.535. The highest BCUT2D eigenvalue weighted by Gasteiger charge is 2.36. The molecule has 1 aromatic carbocycles. The van der Waals surface area contributed by atoms with E-state index in [1.54, 1.807) is 17.4 Å². The van der Waals surface area contributed by atoms with Crippen LogP contribution in [0.1, 0.15) is 27.9 Å². The van der Waals surface area contributed by atoms with Crippen molar-refractivity contribution in [1.82, 2.24) is 29.7 Å². The number of nitrogens with zero attached hydrogens (tertiary/aromatic N) is 6. The highest BCUT2D eigenvalue weighted by Crippen LogP contribution is 2.31. The SMILES string of the molecule is COC(=O)N1CC(c2nc(-c3cc(F)c(C)c(NC(=O)c4cnc5cc(N6CCNCC6)ccn45)c3)no2)C1. The summed E-state index contributed by atoms with van der Waals surface area (Å²) in [5.41, 5.74) is 2.93. The van der Waals surface area contributed by atoms with Gasteiger partial charge in [0.2, 0.25) is 11.7 Å². The van der Waals surface area contributed by atoms with E-state index in [0.29, 0.717) is 35.9 Å². The first-order valence-electron chi connectivity index (χ1n) is 12.6. The number of hydrogen-bond acceptors (Lipinski definition) is 9. The number of nitrogens with one attached hydrogen (secondary N) is 2. The Kier molecular flexibility index (Phi) is 6.35. The molecule has 2 aliphatic heterocycles. The van der Waals surface area contributed by atoms with E-state index in [1.165, 1.54) is 24.3 Å². The number of anilines is 2. The quantitative estimate of drug-likeness (QED) is 0.397. The van der Waals surface area contributed by atoms with E-state index in [1.807, 2.05) is 18.3 Å². The molecule has 13 heteroatoms. The average molecular weight is 535 g/mol. The minimum atomic E-state index is -0.520. The Hall–Kier alpha value is -4.52. The lowest BCUT2D eigenvalue weighted by molar-refractivity contribution is 0.0804. The minimum Gasteiger partial charge on any atom is -0.453 e. The van der Waals surface area contributed by atoms with Gasteiger partial charge in [0.05, 0.1) is 19.2 Å². The molecule has 2 amide bonds. The van der Waals surface area contributed by atoms with Crippen LogP contribution in [-0.2, 0) is 4.74 Å². The topological polar surface area (TPSA) is 130 Å². The molecule has 5 heterocycles. The van der Waals surface area contributed by atoms with Crippen molar-refractivity contribution in [2.75, 3.05) is 56.6 Å². The zero-order valence-electron chi connectivity index (χ0n) is 21.5. The van der Waals surface area contributed by atoms with Crippen LogP contribution < -0.4 is 15.5 Å². The van der Waals surface area contributed by atoms with Crippen molar-refractivity contribution in [1.29, 1.82) is 0 Å². The van der Waals surface area contributed by atoms with E-state index >= 15 is 0 Å². The number of aromatic nitrogens is 4. The number of halogens is 1. The van der Waals surface area contributed by atoms with Crippen LogP contribution in [0.25, 0.3) is 17.0 Å². The summed E-state index contributed by atoms with van der Waals surface area (Å²) in [4.78, 5) is 37.4. The number of ether oxygens (including phenoxy) is 1. The van der Waals surface area contributed by atoms with Crippen molar-refractivity contribution in [3.8, 4) is 11.4 Å². The highest BCUT2D eigenvalue weighted by atomic mass is 19.1. The summed E-state index contributed by atoms with van der Waals surface area (Å²) in [6, 6.07) is 6.82. The number of likely N-dealkylation sites (tertiary alicyclic amines) is 1. The number of carbonyl (C=O) groups excluding carboxylic acids is 2. The van der Waals surface area contributed by atoms with Crippen LogP contribution in [-0.4, -0.2) is 82.8 Å². The number of imidazole rings is 1. The van der Waals surface area contributed by atoms with Crippen LogP contribution in [0.4, 0.5) is 20.6 Å². The number of fused-ring (bicyclic) bond motifs is 1. The van der Waals surface area contributed by atoms with Gasteiger partial charge in [0, 0.05) is 74.0 Å². The molecule has 202 valence electrons. The molecule has 6 rings (SSSR count). The first-order valence-corrected chi connectivity index (χ1v) is 12.6. The van der Waals surface area contributed by atoms with Gasteiger partial charge in [-0.3, -0.25) is 9.20 Å². The Morgan fingerprint density at radius 1 is 1.21 bits per heavy atom. The van der Waals surface area contributed by atoms with Crippen LogP contribution in [0, 0.1) is 12.7 Å². The summed E-state index contributed by atoms with van der Waals surface area (Å²) in [7, 11) is 1.32. The smallest absolute Gasteiger partial charge is 0.409 e. The number of piperazine rings is 1. The fourth-order valence-corrected chi connectivity index (χ4v) is 4.81. The van der Waals surface area contributed by atoms with Crippen molar-refractivity contribution < 1.29 is 23.2 Å². The number of benzene rings is 1. The predicted octanol–water partition coefficient (Wildman–Crippen LogP) is 2.66. The number of amides is 2. The Balaban J connectivity index is 1.20. The van der Waals surface area contributed by atoms with Gasteiger partial charge in [-0.1, -0.05) is 5.16 Å². The molecule has 12 nitrogen and oxygen atoms in total. The molecular formula is C26H27FN8O4. The lowest BCUT2D eigenvalue weighted by atomic mass is 10.0. The molecule has 4 aromatic rings. The molecular weight excluding hydrogens is 507 g/mol. The fraction of sp³-hybridized carbons (Fsp3) is 0.346. The Labute approximate surface area is 222 Å². The first kappa shape index (κ1) is 24.8. The first-order chi connectivity index (χ1) is 18.9. The van der Waals surface area contributed by atoms with Gasteiger partial charge < -0.3 is 29.7 Å². The molecule has 2 N–H and O–H groups in total. The van der Waals surface area contributed by atoms with E-state index in [4.69, 9.17) is 9.26 Å². The monoisotopic (exact) mass is 534 g/mol. The van der Waals surface area contributed by atoms with Gasteiger partial charge in [-0.25, -0.2) is 14.2 Å². The number of rotatable bonds is 5. The second kappa shape index (κ2) is 9.98. The number of hydrogen-bond donors (Lipinski definition) is 2. The highest BCUT2D eigenvalue weighted by molar-refractivity contribution is 6.04. The predicted molar refractivity (Wildman–Crippen MR) is 139 cm³/mol. The molecule has 0 bridgehead atoms. The standard InChI is InChI=1S/C26H27FN8O4/c1-15-19(27)9-16(23-31-25(39-32-23)17-13-34(14-17)26(37)38-2)10-20(15)30-24(36)21-12-29-22-11-18(3-6-35(21)22)33-7-4-28-5-8-33/h3,6,9-12,17,28H,4-5,7-8,13-14H2,1-2H3,(H,30,36). The maximum absolute atomic E-state index is 14.9. The van der Waals surface area contributed by atoms with Gasteiger partial charge in [0.15, 0.2) is 0 Å². The Morgan fingerprint density at radius 3 is 2.77 bits per heavy atom. The van der Waals surface area contributed by atoms with E-state index in [2.05, 4.69) is 30.7 Å². The molecule has 2 aliphatic rings. The maximum Gasteiger partial charge on any atom is 0.409 e. The molecule has 0 unspecified atom stereocenters. The largest absolute Gasteiger partial charge is 0.453 e. The third-order valence-electron chi connectivity index (χ3n) is 7.17. The van der Waals surface area contributed by atoms with E-state index in [-0.39, 0.29) is 23.0 Å². The van der Waals surface area contributed by atoms with E-state index in [0.717, 1.165) is 31.9 Å². The van der Waals surface area contributed by atoms with Crippen molar-refractivity contribution in [2.24, 2.45) is 0 Å². The number of pyridine rings is 1. The summed E-state index contributed by atoms with van der Waals surface area (Å²) in [6.07, 6.45) is 2.91. The molecule has 0 atom stereocenters.